The summed E-state index contributed by atoms with van der Waals surface area (Å²) < 4.78 is 4.84. The number of urea groups is 1. The molecule has 1 aliphatic heterocycles. The highest BCUT2D eigenvalue weighted by Crippen LogP contribution is 2.38. The monoisotopic (exact) mass is 309 g/mol. The van der Waals surface area contributed by atoms with Gasteiger partial charge < -0.3 is 9.84 Å². The van der Waals surface area contributed by atoms with Crippen LogP contribution in [-0.2, 0) is 4.79 Å². The second-order valence-corrected chi connectivity index (χ2v) is 6.31. The largest absolute Gasteiger partial charge is 0.481 e. The molecule has 0 aliphatic carbocycles. The molecule has 2 unspecified atom stereocenters. The van der Waals surface area contributed by atoms with Crippen molar-refractivity contribution in [2.24, 2.45) is 0 Å². The molecule has 8 heteroatoms. The molecule has 2 atom stereocenters. The van der Waals surface area contributed by atoms with Crippen LogP contribution in [0.4, 0.5) is 10.7 Å². The van der Waals surface area contributed by atoms with Gasteiger partial charge >= 0.3 is 17.9 Å². The van der Waals surface area contributed by atoms with E-state index in [-0.39, 0.29) is 23.0 Å². The number of hydrogen-bond donors (Lipinski definition) is 1. The Morgan fingerprint density at radius 2 is 2.14 bits per heavy atom. The molecule has 0 aromatic carbocycles. The number of carboxylic acids is 1. The van der Waals surface area contributed by atoms with E-state index >= 15 is 0 Å². The number of aromatic nitrogens is 2. The predicted molar refractivity (Wildman–Crippen MR) is 79.6 cm³/mol. The van der Waals surface area contributed by atoms with Crippen molar-refractivity contribution in [1.82, 2.24) is 19.4 Å². The van der Waals surface area contributed by atoms with Crippen molar-refractivity contribution < 1.29 is 19.4 Å². The third kappa shape index (κ3) is 2.19. The van der Waals surface area contributed by atoms with Crippen molar-refractivity contribution in [2.75, 3.05) is 20.7 Å². The van der Waals surface area contributed by atoms with Gasteiger partial charge in [0.25, 0.3) is 0 Å². The van der Waals surface area contributed by atoms with Crippen LogP contribution in [0.1, 0.15) is 20.8 Å². The van der Waals surface area contributed by atoms with Crippen LogP contribution in [0.5, 0.6) is 5.88 Å². The Morgan fingerprint density at radius 3 is 2.59 bits per heavy atom. The van der Waals surface area contributed by atoms with Gasteiger partial charge in [-0.1, -0.05) is 0 Å². The van der Waals surface area contributed by atoms with E-state index in [1.54, 1.807) is 6.07 Å². The zero-order valence-corrected chi connectivity index (χ0v) is 13.4. The van der Waals surface area contributed by atoms with Gasteiger partial charge in [-0.05, 0) is 20.8 Å². The number of ether oxygens (including phenoxy) is 1. The summed E-state index contributed by atoms with van der Waals surface area (Å²) in [4.78, 5) is 34.1. The number of carbonyl (C=O) groups is 2. The molecule has 2 rings (SSSR count). The first-order valence-electron chi connectivity index (χ1n) is 6.91. The molecule has 0 spiro atoms. The molecule has 2 amide bonds. The molecule has 2 heterocycles. The van der Waals surface area contributed by atoms with Crippen LogP contribution in [0.15, 0.2) is 12.3 Å². The molecule has 1 N–H and O–H groups in total. The van der Waals surface area contributed by atoms with Crippen LogP contribution < -0.4 is 9.22 Å². The molecule has 1 saturated heterocycles. The highest BCUT2D eigenvalue weighted by atomic mass is 16.5. The molecular formula is C14H21N4O4+. The fraction of sp³-hybridized carbons (Fsp3) is 0.571. The molecule has 1 aliphatic rings. The Balaban J connectivity index is 2.65. The lowest BCUT2D eigenvalue weighted by molar-refractivity contribution is -0.140. The fourth-order valence-electron chi connectivity index (χ4n) is 2.76. The smallest absolute Gasteiger partial charge is 0.428 e. The van der Waals surface area contributed by atoms with Crippen LogP contribution in [0.2, 0.25) is 0 Å². The lowest BCUT2D eigenvalue weighted by atomic mass is 10.0. The molecule has 0 saturated carbocycles. The summed E-state index contributed by atoms with van der Waals surface area (Å²) in [6.07, 6.45) is 1.51. The first kappa shape index (κ1) is 16.2. The Kier molecular flexibility index (Phi) is 3.82. The van der Waals surface area contributed by atoms with Crippen molar-refractivity contribution in [3.8, 4) is 5.88 Å². The molecule has 0 bridgehead atoms. The fourth-order valence-corrected chi connectivity index (χ4v) is 2.76. The van der Waals surface area contributed by atoms with E-state index in [9.17, 15) is 14.7 Å². The molecule has 1 fully saturated rings. The van der Waals surface area contributed by atoms with Crippen molar-refractivity contribution in [2.45, 2.75) is 32.4 Å². The number of amides is 2. The van der Waals surface area contributed by atoms with E-state index in [1.807, 2.05) is 20.8 Å². The number of rotatable bonds is 3. The molecule has 1 aromatic rings. The van der Waals surface area contributed by atoms with E-state index in [1.165, 1.54) is 25.3 Å². The number of carboxylic acid groups (broad SMARTS) is 1. The number of quaternary nitrogens is 1. The maximum Gasteiger partial charge on any atom is 0.428 e. The summed E-state index contributed by atoms with van der Waals surface area (Å²) >= 11 is 0. The quantitative estimate of drug-likeness (QED) is 0.841. The highest BCUT2D eigenvalue weighted by Gasteiger charge is 2.62. The molecule has 120 valence electrons. The second-order valence-electron chi connectivity index (χ2n) is 6.31. The highest BCUT2D eigenvalue weighted by molar-refractivity contribution is 5.94. The molecule has 1 aromatic heterocycles. The first-order valence-corrected chi connectivity index (χ1v) is 6.91. The van der Waals surface area contributed by atoms with Gasteiger partial charge in [0.1, 0.15) is 12.1 Å². The summed E-state index contributed by atoms with van der Waals surface area (Å²) in [5, 5.41) is 9.38. The zero-order valence-electron chi connectivity index (χ0n) is 13.4. The van der Waals surface area contributed by atoms with Gasteiger partial charge in [-0.2, -0.15) is 9.47 Å². The van der Waals surface area contributed by atoms with Crippen LogP contribution in [0.25, 0.3) is 0 Å². The minimum Gasteiger partial charge on any atom is -0.481 e. The Hall–Kier alpha value is -2.22. The van der Waals surface area contributed by atoms with E-state index in [2.05, 4.69) is 9.97 Å². The second kappa shape index (κ2) is 5.20. The van der Waals surface area contributed by atoms with E-state index in [4.69, 9.17) is 4.74 Å². The minimum absolute atomic E-state index is 0.0708. The first-order chi connectivity index (χ1) is 10.1. The van der Waals surface area contributed by atoms with E-state index in [0.29, 0.717) is 5.88 Å². The van der Waals surface area contributed by atoms with Crippen molar-refractivity contribution in [1.29, 1.82) is 0 Å². The molecule has 0 radical (unpaired) electrons. The van der Waals surface area contributed by atoms with Crippen molar-refractivity contribution in [3.63, 3.8) is 0 Å². The number of nitrogens with zero attached hydrogens (tertiary/aromatic N) is 4. The van der Waals surface area contributed by atoms with Gasteiger partial charge in [0.15, 0.2) is 6.04 Å². The number of methoxy groups -OCH3 is 1. The van der Waals surface area contributed by atoms with E-state index in [0.717, 1.165) is 0 Å². The van der Waals surface area contributed by atoms with Crippen LogP contribution in [0, 0.1) is 0 Å². The van der Waals surface area contributed by atoms with E-state index < -0.39 is 17.6 Å². The third-order valence-electron chi connectivity index (χ3n) is 4.14. The average molecular weight is 309 g/mol. The summed E-state index contributed by atoms with van der Waals surface area (Å²) in [5.41, 5.74) is -0.609. The summed E-state index contributed by atoms with van der Waals surface area (Å²) in [7, 11) is 2.97. The van der Waals surface area contributed by atoms with Gasteiger partial charge in [0, 0.05) is 19.3 Å². The van der Waals surface area contributed by atoms with Crippen molar-refractivity contribution in [3.05, 3.63) is 12.3 Å². The zero-order chi connectivity index (χ0) is 16.7. The predicted octanol–water partition coefficient (Wildman–Crippen LogP) is 1.11. The summed E-state index contributed by atoms with van der Waals surface area (Å²) in [6.45, 7) is 5.67. The number of likely N-dealkylation sites (N-methyl/N-ethyl adjacent to an activating group) is 1. The van der Waals surface area contributed by atoms with Gasteiger partial charge in [-0.3, -0.25) is 4.90 Å². The molecule has 22 heavy (non-hydrogen) atoms. The van der Waals surface area contributed by atoms with Crippen molar-refractivity contribution >= 4 is 17.9 Å². The standard InChI is InChI=1S/C14H20N4O4/c1-14(2,3)18(12-15-7-6-10(16-12)22-5)8-9(11(19)20)17(4)13(18)21/h6-7,9H,8H2,1-5H3/p+1. The van der Waals surface area contributed by atoms with Gasteiger partial charge in [0.05, 0.1) is 7.11 Å². The van der Waals surface area contributed by atoms with Gasteiger partial charge in [0.2, 0.25) is 5.88 Å². The number of aliphatic carboxylic acids is 1. The van der Waals surface area contributed by atoms with Crippen LogP contribution >= 0.6 is 0 Å². The Morgan fingerprint density at radius 1 is 1.50 bits per heavy atom. The maximum absolute atomic E-state index is 12.9. The SMILES string of the molecule is COc1ccnc([N+]2(C(C)(C)C)CC(C(=O)O)N(C)C2=O)n1. The Labute approximate surface area is 128 Å². The van der Waals surface area contributed by atoms with Crippen LogP contribution in [0.3, 0.4) is 0 Å². The lowest BCUT2D eigenvalue weighted by Gasteiger charge is -2.39. The van der Waals surface area contributed by atoms with Gasteiger partial charge in [-0.25, -0.2) is 9.59 Å². The third-order valence-corrected chi connectivity index (χ3v) is 4.14. The topological polar surface area (TPSA) is 92.6 Å². The Bertz CT molecular complexity index is 613. The maximum atomic E-state index is 12.9. The summed E-state index contributed by atoms with van der Waals surface area (Å²) in [6, 6.07) is 0.330. The number of carbonyl (C=O) groups excluding carboxylic acids is 1. The minimum atomic E-state index is -1.04. The molecule has 8 nitrogen and oxygen atoms in total. The summed E-state index contributed by atoms with van der Waals surface area (Å²) in [5.74, 6) is -0.462. The van der Waals surface area contributed by atoms with Gasteiger partial charge in [-0.15, -0.1) is 4.98 Å². The van der Waals surface area contributed by atoms with Crippen LogP contribution in [-0.4, -0.2) is 64.3 Å². The average Bonchev–Trinajstić information content (AvgIpc) is 2.72. The molecular weight excluding hydrogens is 288 g/mol. The number of hydrogen-bond acceptors (Lipinski definition) is 5. The normalized spacial score (nSPS) is 25.4. The lowest BCUT2D eigenvalue weighted by Crippen LogP contribution is -2.64.